The highest BCUT2D eigenvalue weighted by Gasteiger charge is 2.18. The molecule has 3 heterocycles. The van der Waals surface area contributed by atoms with Gasteiger partial charge in [0, 0.05) is 35.4 Å². The van der Waals surface area contributed by atoms with Crippen LogP contribution < -0.4 is 27.2 Å². The molecule has 0 bridgehead atoms. The van der Waals surface area contributed by atoms with Crippen molar-refractivity contribution in [2.24, 2.45) is 7.05 Å². The first-order valence-electron chi connectivity index (χ1n) is 8.73. The lowest BCUT2D eigenvalue weighted by Gasteiger charge is -2.18. The van der Waals surface area contributed by atoms with E-state index in [4.69, 9.17) is 43.0 Å². The lowest BCUT2D eigenvalue weighted by Crippen LogP contribution is -2.47. The summed E-state index contributed by atoms with van der Waals surface area (Å²) in [7, 11) is 25.4. The number of rotatable bonds is 3. The minimum Gasteiger partial charge on any atom is -0.332 e. The van der Waals surface area contributed by atoms with Gasteiger partial charge in [0.2, 0.25) is 0 Å². The average molecular weight is 403 g/mol. The fraction of sp³-hybridized carbons (Fsp3) is 0.0526. The lowest BCUT2D eigenvalue weighted by molar-refractivity contribution is 0.102. The quantitative estimate of drug-likeness (QED) is 0.451. The SMILES string of the molecule is [B]c1c([B])c(C(=O)Nc2cc3cc(-c4cncn4C)ncc3cn2)c([B])c([B])c1Cl. The number of fused-ring (bicyclic) bond motifs is 1. The Hall–Kier alpha value is -2.99. The summed E-state index contributed by atoms with van der Waals surface area (Å²) < 4.78 is 1.86. The Morgan fingerprint density at radius 3 is 2.27 bits per heavy atom. The largest absolute Gasteiger partial charge is 0.332 e. The number of benzene rings is 1. The van der Waals surface area contributed by atoms with Crippen molar-refractivity contribution in [2.75, 3.05) is 5.32 Å². The van der Waals surface area contributed by atoms with Crippen LogP contribution in [-0.2, 0) is 7.05 Å². The number of nitrogens with zero attached hydrogens (tertiary/aromatic N) is 4. The Labute approximate surface area is 183 Å². The second kappa shape index (κ2) is 7.69. The van der Waals surface area contributed by atoms with Gasteiger partial charge in [-0.3, -0.25) is 9.78 Å². The number of carbonyl (C=O) groups is 1. The molecule has 0 aliphatic heterocycles. The van der Waals surface area contributed by atoms with E-state index in [1.54, 1.807) is 31.0 Å². The topological polar surface area (TPSA) is 72.7 Å². The molecular weight excluding hydrogens is 393 g/mol. The predicted octanol–water partition coefficient (Wildman–Crippen LogP) is -0.889. The minimum absolute atomic E-state index is 0.00752. The van der Waals surface area contributed by atoms with Gasteiger partial charge in [-0.05, 0) is 17.5 Å². The summed E-state index contributed by atoms with van der Waals surface area (Å²) in [6.45, 7) is 0. The van der Waals surface area contributed by atoms with Crippen LogP contribution in [0.4, 0.5) is 5.82 Å². The molecule has 8 radical (unpaired) electrons. The van der Waals surface area contributed by atoms with Crippen molar-refractivity contribution >= 4 is 87.3 Å². The Morgan fingerprint density at radius 2 is 1.63 bits per heavy atom. The summed E-state index contributed by atoms with van der Waals surface area (Å²) in [5.74, 6) is -0.312. The molecule has 1 aromatic carbocycles. The van der Waals surface area contributed by atoms with Crippen LogP contribution in [0.25, 0.3) is 22.2 Å². The number of imidazole rings is 1. The number of carbonyl (C=O) groups excluding carboxylic acids is 1. The van der Waals surface area contributed by atoms with Gasteiger partial charge in [0.15, 0.2) is 0 Å². The second-order valence-electron chi connectivity index (χ2n) is 6.67. The summed E-state index contributed by atoms with van der Waals surface area (Å²) in [5.41, 5.74) is 1.42. The van der Waals surface area contributed by atoms with Gasteiger partial charge in [0.25, 0.3) is 5.91 Å². The molecule has 0 atom stereocenters. The van der Waals surface area contributed by atoms with Crippen molar-refractivity contribution in [3.63, 3.8) is 0 Å². The molecule has 3 aromatic heterocycles. The Balaban J connectivity index is 1.71. The molecule has 0 unspecified atom stereocenters. The smallest absolute Gasteiger partial charge is 0.255 e. The van der Waals surface area contributed by atoms with Gasteiger partial charge in [-0.25, -0.2) is 9.97 Å². The molecule has 0 spiro atoms. The molecule has 0 saturated carbocycles. The van der Waals surface area contributed by atoms with Crippen LogP contribution in [0.15, 0.2) is 37.1 Å². The number of aryl methyl sites for hydroxylation is 1. The maximum absolute atomic E-state index is 12.8. The molecular formula is C19H10B4ClN5O. The van der Waals surface area contributed by atoms with E-state index in [0.29, 0.717) is 5.82 Å². The molecule has 136 valence electrons. The highest BCUT2D eigenvalue weighted by atomic mass is 35.5. The Bertz CT molecular complexity index is 1300. The second-order valence-corrected chi connectivity index (χ2v) is 7.05. The number of anilines is 1. The van der Waals surface area contributed by atoms with Crippen LogP contribution in [0.1, 0.15) is 10.4 Å². The minimum atomic E-state index is -0.604. The Morgan fingerprint density at radius 1 is 0.967 bits per heavy atom. The molecule has 30 heavy (non-hydrogen) atoms. The first kappa shape index (κ1) is 20.3. The summed E-state index contributed by atoms with van der Waals surface area (Å²) in [6.07, 6.45) is 6.71. The van der Waals surface area contributed by atoms with Gasteiger partial charge in [0.05, 0.1) is 23.9 Å². The molecule has 0 fully saturated rings. The number of pyridine rings is 2. The molecule has 4 rings (SSSR count). The summed E-state index contributed by atoms with van der Waals surface area (Å²) in [5, 5.41) is 4.31. The van der Waals surface area contributed by atoms with E-state index in [9.17, 15) is 4.79 Å². The molecule has 6 nitrogen and oxygen atoms in total. The van der Waals surface area contributed by atoms with E-state index >= 15 is 0 Å². The molecule has 1 amide bonds. The fourth-order valence-corrected chi connectivity index (χ4v) is 3.27. The van der Waals surface area contributed by atoms with Crippen molar-refractivity contribution in [3.05, 3.63) is 47.6 Å². The van der Waals surface area contributed by atoms with E-state index in [0.717, 1.165) is 22.2 Å². The summed E-state index contributed by atoms with van der Waals surface area (Å²) >= 11 is 5.99. The number of halogens is 1. The number of nitrogens with one attached hydrogen (secondary N) is 1. The van der Waals surface area contributed by atoms with Crippen molar-refractivity contribution in [1.82, 2.24) is 19.5 Å². The Kier molecular flexibility index (Phi) is 5.20. The number of hydrogen-bond donors (Lipinski definition) is 1. The van der Waals surface area contributed by atoms with E-state index in [2.05, 4.69) is 20.3 Å². The van der Waals surface area contributed by atoms with E-state index in [1.807, 2.05) is 17.7 Å². The first-order valence-corrected chi connectivity index (χ1v) is 9.11. The highest BCUT2D eigenvalue weighted by Crippen LogP contribution is 2.22. The summed E-state index contributed by atoms with van der Waals surface area (Å²) in [6, 6.07) is 3.59. The third-order valence-electron chi connectivity index (χ3n) is 4.74. The number of hydrogen-bond acceptors (Lipinski definition) is 4. The van der Waals surface area contributed by atoms with Gasteiger partial charge in [0.1, 0.15) is 37.2 Å². The normalized spacial score (nSPS) is 11.0. The molecule has 0 aliphatic rings. The van der Waals surface area contributed by atoms with Crippen LogP contribution >= 0.6 is 11.6 Å². The summed E-state index contributed by atoms with van der Waals surface area (Å²) in [4.78, 5) is 25.6. The van der Waals surface area contributed by atoms with Crippen LogP contribution in [-0.4, -0.2) is 56.8 Å². The predicted molar refractivity (Wildman–Crippen MR) is 123 cm³/mol. The van der Waals surface area contributed by atoms with Gasteiger partial charge in [-0.2, -0.15) is 0 Å². The van der Waals surface area contributed by atoms with Gasteiger partial charge in [-0.15, -0.1) is 0 Å². The number of aromatic nitrogens is 4. The molecule has 11 heteroatoms. The maximum Gasteiger partial charge on any atom is 0.255 e. The van der Waals surface area contributed by atoms with Gasteiger partial charge in [-0.1, -0.05) is 33.5 Å². The molecule has 0 aliphatic carbocycles. The zero-order valence-electron chi connectivity index (χ0n) is 15.8. The molecule has 0 saturated heterocycles. The van der Waals surface area contributed by atoms with E-state index in [-0.39, 0.29) is 32.4 Å². The van der Waals surface area contributed by atoms with Gasteiger partial charge < -0.3 is 9.88 Å². The average Bonchev–Trinajstić information content (AvgIpc) is 3.16. The van der Waals surface area contributed by atoms with Crippen LogP contribution in [0.5, 0.6) is 0 Å². The number of amides is 1. The zero-order chi connectivity index (χ0) is 21.6. The molecule has 1 N–H and O–H groups in total. The zero-order valence-corrected chi connectivity index (χ0v) is 16.6. The third-order valence-corrected chi connectivity index (χ3v) is 5.15. The third kappa shape index (κ3) is 3.41. The monoisotopic (exact) mass is 403 g/mol. The van der Waals surface area contributed by atoms with Crippen molar-refractivity contribution in [1.29, 1.82) is 0 Å². The lowest BCUT2D eigenvalue weighted by atomic mass is 9.67. The van der Waals surface area contributed by atoms with Gasteiger partial charge >= 0.3 is 0 Å². The molecule has 4 aromatic rings. The fourth-order valence-electron chi connectivity index (χ4n) is 3.07. The van der Waals surface area contributed by atoms with Crippen molar-refractivity contribution in [3.8, 4) is 11.4 Å². The van der Waals surface area contributed by atoms with Crippen molar-refractivity contribution in [2.45, 2.75) is 0 Å². The maximum atomic E-state index is 12.8. The highest BCUT2D eigenvalue weighted by molar-refractivity contribution is 6.65. The van der Waals surface area contributed by atoms with Crippen LogP contribution in [0.3, 0.4) is 0 Å². The van der Waals surface area contributed by atoms with Crippen molar-refractivity contribution < 1.29 is 4.79 Å². The van der Waals surface area contributed by atoms with Crippen LogP contribution in [0, 0.1) is 0 Å². The van der Waals surface area contributed by atoms with Crippen LogP contribution in [0.2, 0.25) is 5.02 Å². The van der Waals surface area contributed by atoms with E-state index in [1.165, 1.54) is 0 Å². The van der Waals surface area contributed by atoms with E-state index < -0.39 is 5.91 Å². The first-order chi connectivity index (χ1) is 14.3. The standard InChI is InChI=1S/C19H10B4ClN5O/c1-29-7-25-6-11(29)10-2-8-3-12(27-5-9(8)4-26-10)28-19(30)13-14(20)16(22)18(24)17(23)15(13)21/h2-7H,1H3,(H,27,28,30).